The van der Waals surface area contributed by atoms with E-state index < -0.39 is 0 Å². The molecule has 0 aliphatic carbocycles. The minimum absolute atomic E-state index is 0.531. The Morgan fingerprint density at radius 3 is 2.37 bits per heavy atom. The van der Waals surface area contributed by atoms with Crippen molar-refractivity contribution in [1.29, 1.82) is 5.26 Å². The van der Waals surface area contributed by atoms with Crippen LogP contribution in [0.25, 0.3) is 16.6 Å². The van der Waals surface area contributed by atoms with Gasteiger partial charge in [-0.15, -0.1) is 0 Å². The monoisotopic (exact) mass is 359 g/mol. The van der Waals surface area contributed by atoms with Crippen molar-refractivity contribution in [3.63, 3.8) is 0 Å². The minimum Gasteiger partial charge on any atom is -0.358 e. The van der Waals surface area contributed by atoms with Crippen LogP contribution in [0.1, 0.15) is 30.5 Å². The van der Waals surface area contributed by atoms with E-state index in [9.17, 15) is 0 Å². The van der Waals surface area contributed by atoms with E-state index in [-0.39, 0.29) is 0 Å². The molecule has 0 spiro atoms. The SMILES string of the molecule is [C-]#[N+]/C(=C\c1ccc(N(C)CCN(CC)CC)nc1)c1ccc(C#N)cc1. The van der Waals surface area contributed by atoms with Gasteiger partial charge in [0, 0.05) is 26.3 Å². The van der Waals surface area contributed by atoms with Crippen molar-refractivity contribution >= 4 is 17.6 Å². The summed E-state index contributed by atoms with van der Waals surface area (Å²) in [7, 11) is 2.04. The lowest BCUT2D eigenvalue weighted by atomic mass is 10.1. The first-order chi connectivity index (χ1) is 13.1. The van der Waals surface area contributed by atoms with Gasteiger partial charge >= 0.3 is 0 Å². The molecule has 0 radical (unpaired) electrons. The van der Waals surface area contributed by atoms with Crippen LogP contribution >= 0.6 is 0 Å². The zero-order chi connectivity index (χ0) is 19.6. The number of pyridine rings is 1. The molecule has 0 bridgehead atoms. The quantitative estimate of drug-likeness (QED) is 0.664. The molecule has 1 heterocycles. The molecule has 0 fully saturated rings. The van der Waals surface area contributed by atoms with Gasteiger partial charge in [0.2, 0.25) is 0 Å². The maximum Gasteiger partial charge on any atom is 0.194 e. The fourth-order valence-electron chi connectivity index (χ4n) is 2.71. The van der Waals surface area contributed by atoms with E-state index in [0.717, 1.165) is 43.1 Å². The Kier molecular flexibility index (Phi) is 7.55. The summed E-state index contributed by atoms with van der Waals surface area (Å²) in [6.07, 6.45) is 3.61. The highest BCUT2D eigenvalue weighted by Gasteiger charge is 2.06. The van der Waals surface area contributed by atoms with E-state index in [1.165, 1.54) is 0 Å². The van der Waals surface area contributed by atoms with Crippen molar-refractivity contribution < 1.29 is 0 Å². The molecule has 0 saturated heterocycles. The number of nitriles is 1. The van der Waals surface area contributed by atoms with Crippen molar-refractivity contribution in [3.05, 3.63) is 70.7 Å². The van der Waals surface area contributed by atoms with Crippen molar-refractivity contribution in [2.24, 2.45) is 0 Å². The van der Waals surface area contributed by atoms with Crippen LogP contribution in [-0.4, -0.2) is 43.1 Å². The fourth-order valence-corrected chi connectivity index (χ4v) is 2.71. The maximum absolute atomic E-state index is 8.89. The molecule has 27 heavy (non-hydrogen) atoms. The Hall–Kier alpha value is -3.15. The van der Waals surface area contributed by atoms with Gasteiger partial charge < -0.3 is 9.80 Å². The molecule has 1 aromatic carbocycles. The third kappa shape index (κ3) is 5.67. The highest BCUT2D eigenvalue weighted by molar-refractivity contribution is 5.85. The highest BCUT2D eigenvalue weighted by Crippen LogP contribution is 2.21. The molecule has 0 atom stereocenters. The van der Waals surface area contributed by atoms with Gasteiger partial charge in [-0.25, -0.2) is 9.83 Å². The van der Waals surface area contributed by atoms with E-state index >= 15 is 0 Å². The molecule has 2 rings (SSSR count). The number of benzene rings is 1. The molecule has 0 saturated carbocycles. The summed E-state index contributed by atoms with van der Waals surface area (Å²) in [5.74, 6) is 0.919. The largest absolute Gasteiger partial charge is 0.358 e. The van der Waals surface area contributed by atoms with E-state index in [0.29, 0.717) is 11.3 Å². The summed E-state index contributed by atoms with van der Waals surface area (Å²) in [6, 6.07) is 13.1. The van der Waals surface area contributed by atoms with Gasteiger partial charge in [-0.1, -0.05) is 32.0 Å². The Morgan fingerprint density at radius 1 is 1.15 bits per heavy atom. The number of aromatic nitrogens is 1. The van der Waals surface area contributed by atoms with Gasteiger partial charge in [0.1, 0.15) is 5.82 Å². The molecule has 0 N–H and O–H groups in total. The zero-order valence-electron chi connectivity index (χ0n) is 16.2. The van der Waals surface area contributed by atoms with Gasteiger partial charge in [0.05, 0.1) is 18.2 Å². The zero-order valence-corrected chi connectivity index (χ0v) is 16.2. The second kappa shape index (κ2) is 10.1. The Labute approximate surface area is 162 Å². The number of rotatable bonds is 8. The van der Waals surface area contributed by atoms with Crippen LogP contribution < -0.4 is 4.90 Å². The average molecular weight is 359 g/mol. The maximum atomic E-state index is 8.89. The van der Waals surface area contributed by atoms with Crippen LogP contribution in [0.15, 0.2) is 42.6 Å². The molecule has 5 heteroatoms. The van der Waals surface area contributed by atoms with Gasteiger partial charge in [-0.2, -0.15) is 5.26 Å². The van der Waals surface area contributed by atoms with Crippen molar-refractivity contribution in [2.45, 2.75) is 13.8 Å². The first-order valence-electron chi connectivity index (χ1n) is 9.10. The topological polar surface area (TPSA) is 47.5 Å². The van der Waals surface area contributed by atoms with Crippen LogP contribution in [0.5, 0.6) is 0 Å². The Morgan fingerprint density at radius 2 is 1.85 bits per heavy atom. The lowest BCUT2D eigenvalue weighted by Crippen LogP contribution is -2.33. The summed E-state index contributed by atoms with van der Waals surface area (Å²) in [4.78, 5) is 12.7. The minimum atomic E-state index is 0.531. The molecular formula is C22H25N5. The van der Waals surface area contributed by atoms with Crippen LogP contribution in [0.3, 0.4) is 0 Å². The molecule has 5 nitrogen and oxygen atoms in total. The molecular weight excluding hydrogens is 334 g/mol. The van der Waals surface area contributed by atoms with Crippen molar-refractivity contribution in [2.75, 3.05) is 38.1 Å². The van der Waals surface area contributed by atoms with E-state index in [1.807, 2.05) is 25.3 Å². The van der Waals surface area contributed by atoms with Gasteiger partial charge in [-0.05, 0) is 48.5 Å². The predicted molar refractivity (Wildman–Crippen MR) is 111 cm³/mol. The average Bonchev–Trinajstić information content (AvgIpc) is 2.73. The smallest absolute Gasteiger partial charge is 0.194 e. The summed E-state index contributed by atoms with van der Waals surface area (Å²) in [6.45, 7) is 15.8. The van der Waals surface area contributed by atoms with E-state index in [2.05, 4.69) is 39.5 Å². The van der Waals surface area contributed by atoms with Crippen LogP contribution in [0, 0.1) is 17.9 Å². The standard InChI is InChI=1S/C22H25N5/c1-5-27(6-2)14-13-26(4)22-12-9-19(17-25-22)15-21(24-3)20-10-7-18(16-23)8-11-20/h7-12,15,17H,5-6,13-14H2,1-2,4H3/b21-15-. The summed E-state index contributed by atoms with van der Waals surface area (Å²) in [5, 5.41) is 8.89. The molecule has 0 aliphatic rings. The number of hydrogen-bond donors (Lipinski definition) is 0. The van der Waals surface area contributed by atoms with Gasteiger partial charge in [0.15, 0.2) is 5.70 Å². The third-order valence-corrected chi connectivity index (χ3v) is 4.54. The lowest BCUT2D eigenvalue weighted by molar-refractivity contribution is 0.311. The molecule has 0 unspecified atom stereocenters. The molecule has 1 aromatic heterocycles. The first-order valence-corrected chi connectivity index (χ1v) is 9.10. The second-order valence-electron chi connectivity index (χ2n) is 6.23. The Bertz CT molecular complexity index is 834. The van der Waals surface area contributed by atoms with Crippen LogP contribution in [0.4, 0.5) is 5.82 Å². The molecule has 0 amide bonds. The van der Waals surface area contributed by atoms with Crippen molar-refractivity contribution in [1.82, 2.24) is 9.88 Å². The lowest BCUT2D eigenvalue weighted by Gasteiger charge is -2.23. The normalized spacial score (nSPS) is 11.1. The number of likely N-dealkylation sites (N-methyl/N-ethyl adjacent to an activating group) is 2. The number of anilines is 1. The summed E-state index contributed by atoms with van der Waals surface area (Å²) in [5.41, 5.74) is 2.79. The predicted octanol–water partition coefficient (Wildman–Crippen LogP) is 4.15. The number of hydrogen-bond acceptors (Lipinski definition) is 4. The van der Waals surface area contributed by atoms with Gasteiger partial charge in [0.25, 0.3) is 0 Å². The van der Waals surface area contributed by atoms with Gasteiger partial charge in [-0.3, -0.25) is 0 Å². The first kappa shape index (κ1) is 20.2. The Balaban J connectivity index is 2.09. The second-order valence-corrected chi connectivity index (χ2v) is 6.23. The number of nitrogens with zero attached hydrogens (tertiary/aromatic N) is 5. The van der Waals surface area contributed by atoms with Crippen LogP contribution in [-0.2, 0) is 0 Å². The molecule has 2 aromatic rings. The van der Waals surface area contributed by atoms with Crippen LogP contribution in [0.2, 0.25) is 0 Å². The van der Waals surface area contributed by atoms with E-state index in [1.54, 1.807) is 30.5 Å². The van der Waals surface area contributed by atoms with Crippen molar-refractivity contribution in [3.8, 4) is 6.07 Å². The molecule has 138 valence electrons. The summed E-state index contributed by atoms with van der Waals surface area (Å²) >= 11 is 0. The third-order valence-electron chi connectivity index (χ3n) is 4.54. The highest BCUT2D eigenvalue weighted by atomic mass is 15.2. The molecule has 0 aliphatic heterocycles. The van der Waals surface area contributed by atoms with E-state index in [4.69, 9.17) is 11.8 Å². The summed E-state index contributed by atoms with van der Waals surface area (Å²) < 4.78 is 0. The fraction of sp³-hybridized carbons (Fsp3) is 0.318.